The van der Waals surface area contributed by atoms with E-state index in [1.54, 1.807) is 10.9 Å². The molecule has 0 spiro atoms. The predicted molar refractivity (Wildman–Crippen MR) is 79.2 cm³/mol. The van der Waals surface area contributed by atoms with Crippen LogP contribution in [0.4, 0.5) is 0 Å². The van der Waals surface area contributed by atoms with Gasteiger partial charge in [-0.15, -0.1) is 0 Å². The minimum absolute atomic E-state index is 0.196. The van der Waals surface area contributed by atoms with Crippen LogP contribution in [0.5, 0.6) is 0 Å². The van der Waals surface area contributed by atoms with Gasteiger partial charge in [-0.25, -0.2) is 0 Å². The van der Waals surface area contributed by atoms with Gasteiger partial charge in [0.25, 0.3) is 0 Å². The molecule has 5 heteroatoms. The fourth-order valence-corrected chi connectivity index (χ4v) is 4.07. The quantitative estimate of drug-likeness (QED) is 0.801. The summed E-state index contributed by atoms with van der Waals surface area (Å²) in [5.74, 6) is 0.196. The Bertz CT molecular complexity index is 499. The van der Waals surface area contributed by atoms with Crippen molar-refractivity contribution in [1.82, 2.24) is 14.7 Å². The molecule has 2 fully saturated rings. The van der Waals surface area contributed by atoms with E-state index >= 15 is 0 Å². The molecule has 2 aliphatic rings. The number of ketones is 1. The molecule has 0 radical (unpaired) electrons. The molecular formula is C15H22ClN3O. The van der Waals surface area contributed by atoms with Gasteiger partial charge in [0, 0.05) is 6.54 Å². The Morgan fingerprint density at radius 3 is 2.55 bits per heavy atom. The maximum Gasteiger partial charge on any atom is 0.202 e. The monoisotopic (exact) mass is 295 g/mol. The van der Waals surface area contributed by atoms with Gasteiger partial charge < -0.3 is 0 Å². The van der Waals surface area contributed by atoms with Crippen molar-refractivity contribution < 1.29 is 4.79 Å². The largest absolute Gasteiger partial charge is 0.291 e. The van der Waals surface area contributed by atoms with Crippen molar-refractivity contribution in [2.45, 2.75) is 57.5 Å². The van der Waals surface area contributed by atoms with Crippen LogP contribution in [0.25, 0.3) is 0 Å². The van der Waals surface area contributed by atoms with Crippen molar-refractivity contribution in [3.63, 3.8) is 0 Å². The lowest BCUT2D eigenvalue weighted by atomic mass is 9.88. The second-order valence-electron chi connectivity index (χ2n) is 5.92. The summed E-state index contributed by atoms with van der Waals surface area (Å²) in [5.41, 5.74) is 0.301. The zero-order valence-corrected chi connectivity index (χ0v) is 12.8. The zero-order valence-electron chi connectivity index (χ0n) is 12.1. The predicted octanol–water partition coefficient (Wildman–Crippen LogP) is 3.15. The molecule has 1 aromatic rings. The minimum atomic E-state index is -0.312. The Hall–Kier alpha value is -0.870. The van der Waals surface area contributed by atoms with Crippen LogP contribution in [0.15, 0.2) is 6.20 Å². The number of carbonyl (C=O) groups excluding carboxylic acids is 1. The molecule has 0 atom stereocenters. The summed E-state index contributed by atoms with van der Waals surface area (Å²) < 4.78 is 1.75. The summed E-state index contributed by atoms with van der Waals surface area (Å²) in [4.78, 5) is 15.6. The van der Waals surface area contributed by atoms with Crippen molar-refractivity contribution in [1.29, 1.82) is 0 Å². The third-order valence-corrected chi connectivity index (χ3v) is 5.15. The molecule has 1 saturated carbocycles. The van der Waals surface area contributed by atoms with Gasteiger partial charge in [0.1, 0.15) is 5.69 Å². The van der Waals surface area contributed by atoms with Crippen LogP contribution in [0.3, 0.4) is 0 Å². The number of nitrogens with zero attached hydrogens (tertiary/aromatic N) is 3. The lowest BCUT2D eigenvalue weighted by molar-refractivity contribution is 0.0615. The molecular weight excluding hydrogens is 274 g/mol. The van der Waals surface area contributed by atoms with Crippen LogP contribution in [-0.2, 0) is 6.54 Å². The average Bonchev–Trinajstić information content (AvgIpc) is 3.18. The molecule has 1 saturated heterocycles. The van der Waals surface area contributed by atoms with Crippen molar-refractivity contribution in [2.24, 2.45) is 0 Å². The molecule has 1 aliphatic carbocycles. The number of hydrogen-bond acceptors (Lipinski definition) is 3. The smallest absolute Gasteiger partial charge is 0.202 e. The average molecular weight is 296 g/mol. The normalized spacial score (nSPS) is 22.5. The van der Waals surface area contributed by atoms with E-state index in [-0.39, 0.29) is 11.3 Å². The number of halogens is 1. The van der Waals surface area contributed by atoms with Crippen molar-refractivity contribution in [2.75, 3.05) is 13.1 Å². The van der Waals surface area contributed by atoms with E-state index in [9.17, 15) is 4.79 Å². The third-order valence-electron chi connectivity index (χ3n) is 4.87. The number of likely N-dealkylation sites (tertiary alicyclic amines) is 1. The molecule has 110 valence electrons. The number of hydrogen-bond donors (Lipinski definition) is 0. The minimum Gasteiger partial charge on any atom is -0.291 e. The van der Waals surface area contributed by atoms with Gasteiger partial charge in [-0.2, -0.15) is 5.10 Å². The van der Waals surface area contributed by atoms with E-state index < -0.39 is 0 Å². The van der Waals surface area contributed by atoms with E-state index in [2.05, 4.69) is 10.00 Å². The summed E-state index contributed by atoms with van der Waals surface area (Å²) in [5, 5.41) is 4.73. The van der Waals surface area contributed by atoms with Gasteiger partial charge in [-0.1, -0.05) is 24.4 Å². The summed E-state index contributed by atoms with van der Waals surface area (Å²) in [6.07, 6.45) is 8.23. The fourth-order valence-electron chi connectivity index (χ4n) is 3.84. The Morgan fingerprint density at radius 1 is 1.30 bits per heavy atom. The number of aryl methyl sites for hydroxylation is 1. The first-order valence-corrected chi connectivity index (χ1v) is 8.08. The van der Waals surface area contributed by atoms with E-state index in [4.69, 9.17) is 11.6 Å². The third kappa shape index (κ3) is 2.09. The SMILES string of the molecule is CCn1ncc(Cl)c1C(=O)C1(N2CCCC2)CCCC1. The van der Waals surface area contributed by atoms with Crippen LogP contribution >= 0.6 is 11.6 Å². The maximum atomic E-state index is 13.2. The first-order valence-electron chi connectivity index (χ1n) is 7.70. The van der Waals surface area contributed by atoms with Crippen molar-refractivity contribution >= 4 is 17.4 Å². The molecule has 0 N–H and O–H groups in total. The Morgan fingerprint density at radius 2 is 1.95 bits per heavy atom. The highest BCUT2D eigenvalue weighted by Crippen LogP contribution is 2.40. The van der Waals surface area contributed by atoms with Gasteiger partial charge in [0.2, 0.25) is 5.78 Å². The highest BCUT2D eigenvalue weighted by molar-refractivity contribution is 6.34. The standard InChI is InChI=1S/C15H22ClN3O/c1-2-19-13(12(16)11-17-19)14(20)15(7-3-4-8-15)18-9-5-6-10-18/h11H,2-10H2,1H3. The molecule has 0 aromatic carbocycles. The van der Waals surface area contributed by atoms with Gasteiger partial charge in [-0.3, -0.25) is 14.4 Å². The van der Waals surface area contributed by atoms with Gasteiger partial charge in [-0.05, 0) is 45.7 Å². The first-order chi connectivity index (χ1) is 9.69. The number of rotatable bonds is 4. The topological polar surface area (TPSA) is 38.1 Å². The molecule has 20 heavy (non-hydrogen) atoms. The summed E-state index contributed by atoms with van der Waals surface area (Å²) in [6.45, 7) is 4.77. The van der Waals surface area contributed by atoms with Crippen molar-refractivity contribution in [3.8, 4) is 0 Å². The highest BCUT2D eigenvalue weighted by Gasteiger charge is 2.48. The second-order valence-corrected chi connectivity index (χ2v) is 6.33. The van der Waals surface area contributed by atoms with Crippen LogP contribution in [0.1, 0.15) is 55.9 Å². The lowest BCUT2D eigenvalue weighted by Crippen LogP contribution is -2.52. The van der Waals surface area contributed by atoms with E-state index in [0.717, 1.165) is 38.8 Å². The zero-order chi connectivity index (χ0) is 14.2. The van der Waals surface area contributed by atoms with E-state index in [1.165, 1.54) is 12.8 Å². The van der Waals surface area contributed by atoms with Gasteiger partial charge in [0.05, 0.1) is 16.8 Å². The number of aromatic nitrogens is 2. The lowest BCUT2D eigenvalue weighted by Gasteiger charge is -2.37. The van der Waals surface area contributed by atoms with Crippen LogP contribution in [-0.4, -0.2) is 39.1 Å². The maximum absolute atomic E-state index is 13.2. The highest BCUT2D eigenvalue weighted by atomic mass is 35.5. The molecule has 0 amide bonds. The molecule has 3 rings (SSSR count). The van der Waals surface area contributed by atoms with Crippen LogP contribution < -0.4 is 0 Å². The van der Waals surface area contributed by atoms with Gasteiger partial charge >= 0.3 is 0 Å². The molecule has 1 aliphatic heterocycles. The fraction of sp³-hybridized carbons (Fsp3) is 0.733. The van der Waals surface area contributed by atoms with Crippen molar-refractivity contribution in [3.05, 3.63) is 16.9 Å². The second kappa shape index (κ2) is 5.49. The Labute approximate surface area is 125 Å². The Kier molecular flexibility index (Phi) is 3.87. The first kappa shape index (κ1) is 14.1. The molecule has 0 unspecified atom stereocenters. The van der Waals surface area contributed by atoms with Gasteiger partial charge in [0.15, 0.2) is 0 Å². The molecule has 4 nitrogen and oxygen atoms in total. The number of Topliss-reactive ketones (excluding diaryl/α,β-unsaturated/α-hetero) is 1. The number of carbonyl (C=O) groups is 1. The summed E-state index contributed by atoms with van der Waals surface area (Å²) in [6, 6.07) is 0. The summed E-state index contributed by atoms with van der Waals surface area (Å²) in [7, 11) is 0. The van der Waals surface area contributed by atoms with E-state index in [1.807, 2.05) is 6.92 Å². The van der Waals surface area contributed by atoms with E-state index in [0.29, 0.717) is 17.3 Å². The Balaban J connectivity index is 1.99. The molecule has 1 aromatic heterocycles. The summed E-state index contributed by atoms with van der Waals surface area (Å²) >= 11 is 6.24. The molecule has 0 bridgehead atoms. The van der Waals surface area contributed by atoms with Crippen LogP contribution in [0.2, 0.25) is 5.02 Å². The van der Waals surface area contributed by atoms with Crippen LogP contribution in [0, 0.1) is 0 Å². The molecule has 2 heterocycles.